The van der Waals surface area contributed by atoms with E-state index in [2.05, 4.69) is 0 Å². The highest BCUT2D eigenvalue weighted by Gasteiger charge is 2.61. The van der Waals surface area contributed by atoms with E-state index >= 15 is 0 Å². The van der Waals surface area contributed by atoms with Crippen molar-refractivity contribution in [3.8, 4) is 0 Å². The van der Waals surface area contributed by atoms with Crippen LogP contribution in [-0.4, -0.2) is 43.1 Å². The van der Waals surface area contributed by atoms with Crippen LogP contribution in [-0.2, 0) is 14.8 Å². The Kier molecular flexibility index (Phi) is 1.69. The van der Waals surface area contributed by atoms with Crippen LogP contribution < -0.4 is 0 Å². The Morgan fingerprint density at radius 3 is 2.15 bits per heavy atom. The minimum absolute atomic E-state index is 0.0622. The van der Waals surface area contributed by atoms with Crippen molar-refractivity contribution < 1.29 is 18.3 Å². The van der Waals surface area contributed by atoms with E-state index in [1.54, 1.807) is 0 Å². The molecule has 1 aliphatic carbocycles. The van der Waals surface area contributed by atoms with Crippen molar-refractivity contribution in [1.82, 2.24) is 4.31 Å². The highest BCUT2D eigenvalue weighted by molar-refractivity contribution is 7.88. The Hall–Kier alpha value is -0.620. The number of fused-ring (bicyclic) bond motifs is 1. The molecule has 1 saturated carbocycles. The molecule has 13 heavy (non-hydrogen) atoms. The van der Waals surface area contributed by atoms with Gasteiger partial charge in [0.15, 0.2) is 0 Å². The zero-order chi connectivity index (χ0) is 9.80. The zero-order valence-corrected chi connectivity index (χ0v) is 7.99. The van der Waals surface area contributed by atoms with Gasteiger partial charge in [-0.15, -0.1) is 0 Å². The number of carboxylic acid groups (broad SMARTS) is 1. The third kappa shape index (κ3) is 1.34. The molecule has 0 radical (unpaired) electrons. The maximum absolute atomic E-state index is 11.1. The van der Waals surface area contributed by atoms with Gasteiger partial charge in [-0.25, -0.2) is 12.7 Å². The Morgan fingerprint density at radius 1 is 1.38 bits per heavy atom. The monoisotopic (exact) mass is 205 g/mol. The number of nitrogens with zero attached hydrogens (tertiary/aromatic N) is 1. The van der Waals surface area contributed by atoms with Crippen LogP contribution in [0.4, 0.5) is 0 Å². The van der Waals surface area contributed by atoms with E-state index < -0.39 is 16.0 Å². The van der Waals surface area contributed by atoms with E-state index in [-0.39, 0.29) is 17.8 Å². The van der Waals surface area contributed by atoms with Crippen molar-refractivity contribution in [1.29, 1.82) is 0 Å². The first-order chi connectivity index (χ1) is 5.91. The maximum Gasteiger partial charge on any atom is 0.307 e. The minimum Gasteiger partial charge on any atom is -0.481 e. The van der Waals surface area contributed by atoms with Crippen molar-refractivity contribution >= 4 is 16.0 Å². The molecule has 1 heterocycles. The molecular formula is C7H11NO4S. The molecule has 74 valence electrons. The summed E-state index contributed by atoms with van der Waals surface area (Å²) < 4.78 is 23.5. The molecule has 1 saturated heterocycles. The van der Waals surface area contributed by atoms with Crippen molar-refractivity contribution in [3.05, 3.63) is 0 Å². The second kappa shape index (κ2) is 2.45. The van der Waals surface area contributed by atoms with Crippen LogP contribution in [0.15, 0.2) is 0 Å². The molecular weight excluding hydrogens is 194 g/mol. The third-order valence-corrected chi connectivity index (χ3v) is 4.15. The Labute approximate surface area is 76.4 Å². The lowest BCUT2D eigenvalue weighted by atomic mass is 10.3. The molecule has 0 spiro atoms. The molecule has 2 atom stereocenters. The van der Waals surface area contributed by atoms with Gasteiger partial charge in [0.25, 0.3) is 0 Å². The standard InChI is InChI=1S/C7H11NO4S/c1-13(11,12)8-2-4-5(3-8)6(4)7(9)10/h4-6H,2-3H2,1H3,(H,9,10). The molecule has 5 nitrogen and oxygen atoms in total. The van der Waals surface area contributed by atoms with E-state index in [9.17, 15) is 13.2 Å². The topological polar surface area (TPSA) is 74.7 Å². The van der Waals surface area contributed by atoms with Gasteiger partial charge in [0.1, 0.15) is 0 Å². The predicted octanol–water partition coefficient (Wildman–Crippen LogP) is -0.792. The molecule has 0 aromatic carbocycles. The van der Waals surface area contributed by atoms with E-state index in [1.807, 2.05) is 0 Å². The number of hydrogen-bond acceptors (Lipinski definition) is 3. The molecule has 1 aliphatic heterocycles. The van der Waals surface area contributed by atoms with Crippen LogP contribution in [0.1, 0.15) is 0 Å². The van der Waals surface area contributed by atoms with Gasteiger partial charge in [-0.2, -0.15) is 0 Å². The van der Waals surface area contributed by atoms with E-state index in [1.165, 1.54) is 4.31 Å². The SMILES string of the molecule is CS(=O)(=O)N1CC2C(C1)C2C(=O)O. The van der Waals surface area contributed by atoms with Crippen LogP contribution in [0.3, 0.4) is 0 Å². The number of hydrogen-bond donors (Lipinski definition) is 1. The molecule has 6 heteroatoms. The number of aliphatic carboxylic acids is 1. The average molecular weight is 205 g/mol. The number of carbonyl (C=O) groups is 1. The summed E-state index contributed by atoms with van der Waals surface area (Å²) in [5.41, 5.74) is 0. The summed E-state index contributed by atoms with van der Waals surface area (Å²) in [7, 11) is -3.11. The summed E-state index contributed by atoms with van der Waals surface area (Å²) in [6.45, 7) is 0.779. The molecule has 0 aromatic rings. The highest BCUT2D eigenvalue weighted by Crippen LogP contribution is 2.52. The number of sulfonamides is 1. The lowest BCUT2D eigenvalue weighted by molar-refractivity contribution is -0.139. The van der Waals surface area contributed by atoms with Gasteiger partial charge >= 0.3 is 5.97 Å². The number of carboxylic acids is 1. The molecule has 0 aromatic heterocycles. The molecule has 1 N–H and O–H groups in total. The van der Waals surface area contributed by atoms with Gasteiger partial charge in [0.05, 0.1) is 12.2 Å². The third-order valence-electron chi connectivity index (χ3n) is 2.91. The van der Waals surface area contributed by atoms with Crippen molar-refractivity contribution in [2.75, 3.05) is 19.3 Å². The number of rotatable bonds is 2. The fraction of sp³-hybridized carbons (Fsp3) is 0.857. The Bertz CT molecular complexity index is 338. The van der Waals surface area contributed by atoms with Crippen LogP contribution >= 0.6 is 0 Å². The molecule has 0 amide bonds. The Morgan fingerprint density at radius 2 is 1.85 bits per heavy atom. The van der Waals surface area contributed by atoms with E-state index in [0.717, 1.165) is 6.26 Å². The average Bonchev–Trinajstić information content (AvgIpc) is 2.46. The quantitative estimate of drug-likeness (QED) is 0.641. The molecule has 2 aliphatic rings. The lowest BCUT2D eigenvalue weighted by Gasteiger charge is -2.15. The summed E-state index contributed by atoms with van der Waals surface area (Å²) >= 11 is 0. The molecule has 2 unspecified atom stereocenters. The molecule has 2 fully saturated rings. The smallest absolute Gasteiger partial charge is 0.307 e. The highest BCUT2D eigenvalue weighted by atomic mass is 32.2. The predicted molar refractivity (Wildman–Crippen MR) is 44.5 cm³/mol. The van der Waals surface area contributed by atoms with Crippen LogP contribution in [0.2, 0.25) is 0 Å². The van der Waals surface area contributed by atoms with Crippen molar-refractivity contribution in [2.45, 2.75) is 0 Å². The van der Waals surface area contributed by atoms with Gasteiger partial charge in [-0.05, 0) is 11.8 Å². The van der Waals surface area contributed by atoms with Gasteiger partial charge in [-0.3, -0.25) is 4.79 Å². The van der Waals surface area contributed by atoms with Crippen molar-refractivity contribution in [2.24, 2.45) is 17.8 Å². The Balaban J connectivity index is 2.01. The summed E-state index contributed by atoms with van der Waals surface area (Å²) in [5.74, 6) is -0.958. The van der Waals surface area contributed by atoms with E-state index in [4.69, 9.17) is 5.11 Å². The minimum atomic E-state index is -3.11. The summed E-state index contributed by atoms with van der Waals surface area (Å²) in [5, 5.41) is 8.68. The largest absolute Gasteiger partial charge is 0.481 e. The van der Waals surface area contributed by atoms with Gasteiger partial charge < -0.3 is 5.11 Å². The first-order valence-corrected chi connectivity index (χ1v) is 5.94. The first-order valence-electron chi connectivity index (χ1n) is 4.09. The maximum atomic E-state index is 11.1. The van der Waals surface area contributed by atoms with Gasteiger partial charge in [0.2, 0.25) is 10.0 Å². The van der Waals surface area contributed by atoms with Crippen LogP contribution in [0, 0.1) is 17.8 Å². The zero-order valence-electron chi connectivity index (χ0n) is 7.17. The normalized spacial score (nSPS) is 38.7. The number of piperidine rings is 1. The first kappa shape index (κ1) is 8.96. The molecule has 0 bridgehead atoms. The van der Waals surface area contributed by atoms with Crippen LogP contribution in [0.25, 0.3) is 0 Å². The fourth-order valence-corrected chi connectivity index (χ4v) is 3.01. The molecule has 2 rings (SSSR count). The lowest BCUT2D eigenvalue weighted by Crippen LogP contribution is -2.31. The second-order valence-corrected chi connectivity index (χ2v) is 5.75. The summed E-state index contributed by atoms with van der Waals surface area (Å²) in [6, 6.07) is 0. The second-order valence-electron chi connectivity index (χ2n) is 3.77. The van der Waals surface area contributed by atoms with Gasteiger partial charge in [0, 0.05) is 13.1 Å². The van der Waals surface area contributed by atoms with Gasteiger partial charge in [-0.1, -0.05) is 0 Å². The fourth-order valence-electron chi connectivity index (χ4n) is 2.12. The van der Waals surface area contributed by atoms with Crippen LogP contribution in [0.5, 0.6) is 0 Å². The summed E-state index contributed by atoms with van der Waals surface area (Å²) in [6.07, 6.45) is 1.16. The van der Waals surface area contributed by atoms with E-state index in [0.29, 0.717) is 13.1 Å². The summed E-state index contributed by atoms with van der Waals surface area (Å²) in [4.78, 5) is 10.6. The van der Waals surface area contributed by atoms with Crippen molar-refractivity contribution in [3.63, 3.8) is 0 Å².